The number of rotatable bonds is 2. The Morgan fingerprint density at radius 1 is 1.08 bits per heavy atom. The highest BCUT2D eigenvalue weighted by Gasteiger charge is 2.16. The van der Waals surface area contributed by atoms with Crippen LogP contribution in [-0.2, 0) is 0 Å². The average Bonchev–Trinajstić information content (AvgIpc) is 1.95. The lowest BCUT2D eigenvalue weighted by molar-refractivity contribution is 0.445. The molecule has 0 aliphatic heterocycles. The van der Waals surface area contributed by atoms with E-state index in [4.69, 9.17) is 23.2 Å². The fourth-order valence-electron chi connectivity index (χ4n) is 1.43. The van der Waals surface area contributed by atoms with Gasteiger partial charge in [0.2, 0.25) is 0 Å². The van der Waals surface area contributed by atoms with Crippen molar-refractivity contribution in [2.45, 2.75) is 25.3 Å². The fourth-order valence-corrected chi connectivity index (χ4v) is 1.95. The molecule has 0 unspecified atom stereocenters. The van der Waals surface area contributed by atoms with Crippen LogP contribution < -0.4 is 5.32 Å². The molecule has 0 spiro atoms. The Balaban J connectivity index is 2.10. The monoisotopic (exact) mass is 215 g/mol. The average molecular weight is 216 g/mol. The Kier molecular flexibility index (Phi) is 2.66. The first-order chi connectivity index (χ1) is 6.24. The van der Waals surface area contributed by atoms with Gasteiger partial charge in [-0.1, -0.05) is 23.2 Å². The number of halogens is 2. The Labute approximate surface area is 88.0 Å². The third kappa shape index (κ3) is 2.29. The van der Waals surface area contributed by atoms with Gasteiger partial charge in [0.15, 0.2) is 0 Å². The molecule has 70 valence electrons. The van der Waals surface area contributed by atoms with Crippen LogP contribution in [-0.4, -0.2) is 6.04 Å². The lowest BCUT2D eigenvalue weighted by atomic mass is 9.93. The Morgan fingerprint density at radius 2 is 1.69 bits per heavy atom. The van der Waals surface area contributed by atoms with Crippen LogP contribution in [0.15, 0.2) is 18.2 Å². The molecule has 1 aliphatic carbocycles. The third-order valence-corrected chi connectivity index (χ3v) is 2.77. The smallest absolute Gasteiger partial charge is 0.0441 e. The predicted octanol–water partition coefficient (Wildman–Crippen LogP) is 3.96. The number of hydrogen-bond acceptors (Lipinski definition) is 1. The van der Waals surface area contributed by atoms with Crippen molar-refractivity contribution in [2.24, 2.45) is 0 Å². The van der Waals surface area contributed by atoms with Crippen molar-refractivity contribution in [1.29, 1.82) is 0 Å². The van der Waals surface area contributed by atoms with Gasteiger partial charge in [0.1, 0.15) is 0 Å². The molecule has 1 aromatic rings. The van der Waals surface area contributed by atoms with Gasteiger partial charge in [-0.3, -0.25) is 0 Å². The van der Waals surface area contributed by atoms with Crippen molar-refractivity contribution in [3.8, 4) is 0 Å². The van der Waals surface area contributed by atoms with Gasteiger partial charge in [0.25, 0.3) is 0 Å². The first kappa shape index (κ1) is 9.17. The van der Waals surface area contributed by atoms with E-state index in [-0.39, 0.29) is 0 Å². The quantitative estimate of drug-likeness (QED) is 0.788. The topological polar surface area (TPSA) is 12.0 Å². The summed E-state index contributed by atoms with van der Waals surface area (Å²) in [5.41, 5.74) is 1.03. The predicted molar refractivity (Wildman–Crippen MR) is 57.7 cm³/mol. The van der Waals surface area contributed by atoms with Crippen molar-refractivity contribution >= 4 is 28.9 Å². The van der Waals surface area contributed by atoms with Gasteiger partial charge in [-0.15, -0.1) is 0 Å². The van der Waals surface area contributed by atoms with Crippen LogP contribution in [0.1, 0.15) is 19.3 Å². The van der Waals surface area contributed by atoms with E-state index in [9.17, 15) is 0 Å². The molecule has 2 rings (SSSR count). The summed E-state index contributed by atoms with van der Waals surface area (Å²) < 4.78 is 0. The number of hydrogen-bond donors (Lipinski definition) is 1. The summed E-state index contributed by atoms with van der Waals surface area (Å²) in [6, 6.07) is 6.18. The van der Waals surface area contributed by atoms with E-state index in [1.54, 1.807) is 6.07 Å². The first-order valence-corrected chi connectivity index (χ1v) is 5.22. The molecule has 1 N–H and O–H groups in total. The summed E-state index contributed by atoms with van der Waals surface area (Å²) in [6.45, 7) is 0. The minimum atomic E-state index is 0.620. The highest BCUT2D eigenvalue weighted by atomic mass is 35.5. The molecule has 0 heterocycles. The zero-order valence-corrected chi connectivity index (χ0v) is 8.70. The van der Waals surface area contributed by atoms with E-state index in [1.807, 2.05) is 12.1 Å². The van der Waals surface area contributed by atoms with Crippen molar-refractivity contribution in [2.75, 3.05) is 5.32 Å². The molecule has 0 radical (unpaired) electrons. The lowest BCUT2D eigenvalue weighted by Crippen LogP contribution is -2.26. The highest BCUT2D eigenvalue weighted by Crippen LogP contribution is 2.27. The maximum absolute atomic E-state index is 5.87. The number of anilines is 1. The van der Waals surface area contributed by atoms with Gasteiger partial charge < -0.3 is 5.32 Å². The van der Waals surface area contributed by atoms with Crippen LogP contribution in [0.4, 0.5) is 5.69 Å². The zero-order chi connectivity index (χ0) is 9.26. The van der Waals surface area contributed by atoms with Crippen molar-refractivity contribution < 1.29 is 0 Å². The molecule has 0 saturated heterocycles. The van der Waals surface area contributed by atoms with Crippen molar-refractivity contribution in [1.82, 2.24) is 0 Å². The van der Waals surface area contributed by atoms with Gasteiger partial charge >= 0.3 is 0 Å². The third-order valence-electron chi connectivity index (χ3n) is 2.34. The molecule has 1 nitrogen and oxygen atoms in total. The molecule has 0 aromatic heterocycles. The Morgan fingerprint density at radius 3 is 2.15 bits per heavy atom. The number of benzene rings is 1. The first-order valence-electron chi connectivity index (χ1n) is 4.47. The van der Waals surface area contributed by atoms with Gasteiger partial charge in [-0.2, -0.15) is 0 Å². The molecule has 0 atom stereocenters. The molecule has 0 bridgehead atoms. The SMILES string of the molecule is Clc1cc(Cl)cc(NC2CCC2)c1. The summed E-state index contributed by atoms with van der Waals surface area (Å²) in [7, 11) is 0. The Hall–Kier alpha value is -0.400. The summed E-state index contributed by atoms with van der Waals surface area (Å²) in [4.78, 5) is 0. The maximum atomic E-state index is 5.87. The van der Waals surface area contributed by atoms with E-state index in [2.05, 4.69) is 5.32 Å². The summed E-state index contributed by atoms with van der Waals surface area (Å²) >= 11 is 11.7. The molecule has 1 aromatic carbocycles. The largest absolute Gasteiger partial charge is 0.382 e. The molecular weight excluding hydrogens is 205 g/mol. The van der Waals surface area contributed by atoms with Gasteiger partial charge in [0, 0.05) is 21.8 Å². The van der Waals surface area contributed by atoms with E-state index in [1.165, 1.54) is 19.3 Å². The van der Waals surface area contributed by atoms with Crippen LogP contribution >= 0.6 is 23.2 Å². The number of nitrogens with one attached hydrogen (secondary N) is 1. The minimum Gasteiger partial charge on any atom is -0.382 e. The fraction of sp³-hybridized carbons (Fsp3) is 0.400. The maximum Gasteiger partial charge on any atom is 0.0441 e. The standard InChI is InChI=1S/C10H11Cl2N/c11-7-4-8(12)6-10(5-7)13-9-2-1-3-9/h4-6,9,13H,1-3H2. The molecule has 1 fully saturated rings. The molecule has 1 aliphatic rings. The second-order valence-corrected chi connectivity index (χ2v) is 4.30. The van der Waals surface area contributed by atoms with Crippen LogP contribution in [0.3, 0.4) is 0 Å². The van der Waals surface area contributed by atoms with Gasteiger partial charge in [-0.25, -0.2) is 0 Å². The van der Waals surface area contributed by atoms with Gasteiger partial charge in [-0.05, 0) is 37.5 Å². The lowest BCUT2D eigenvalue weighted by Gasteiger charge is -2.27. The molecule has 1 saturated carbocycles. The van der Waals surface area contributed by atoms with Crippen molar-refractivity contribution in [3.63, 3.8) is 0 Å². The van der Waals surface area contributed by atoms with Crippen LogP contribution in [0.5, 0.6) is 0 Å². The van der Waals surface area contributed by atoms with Crippen molar-refractivity contribution in [3.05, 3.63) is 28.2 Å². The van der Waals surface area contributed by atoms with Gasteiger partial charge in [0.05, 0.1) is 0 Å². The molecule has 0 amide bonds. The Bertz CT molecular complexity index is 288. The molecule has 3 heteroatoms. The molecule has 13 heavy (non-hydrogen) atoms. The molecular formula is C10H11Cl2N. The van der Waals surface area contributed by atoms with Crippen LogP contribution in [0, 0.1) is 0 Å². The minimum absolute atomic E-state index is 0.620. The van der Waals surface area contributed by atoms with E-state index >= 15 is 0 Å². The second kappa shape index (κ2) is 3.77. The normalized spacial score (nSPS) is 16.8. The van der Waals surface area contributed by atoms with Crippen LogP contribution in [0.25, 0.3) is 0 Å². The second-order valence-electron chi connectivity index (χ2n) is 3.43. The summed E-state index contributed by atoms with van der Waals surface area (Å²) in [5, 5.41) is 4.77. The summed E-state index contributed by atoms with van der Waals surface area (Å²) in [5.74, 6) is 0. The summed E-state index contributed by atoms with van der Waals surface area (Å²) in [6.07, 6.45) is 3.83. The van der Waals surface area contributed by atoms with E-state index in [0.29, 0.717) is 16.1 Å². The zero-order valence-electron chi connectivity index (χ0n) is 7.19. The highest BCUT2D eigenvalue weighted by molar-refractivity contribution is 6.35. The van der Waals surface area contributed by atoms with Crippen LogP contribution in [0.2, 0.25) is 10.0 Å². The van der Waals surface area contributed by atoms with E-state index < -0.39 is 0 Å². The van der Waals surface area contributed by atoms with E-state index in [0.717, 1.165) is 5.69 Å².